The number of fused-ring (bicyclic) bond motifs is 1. The molecule has 0 aromatic heterocycles. The van der Waals surface area contributed by atoms with Gasteiger partial charge in [0, 0.05) is 23.6 Å². The molecule has 0 aliphatic carbocycles. The van der Waals surface area contributed by atoms with E-state index < -0.39 is 5.97 Å². The van der Waals surface area contributed by atoms with Crippen molar-refractivity contribution in [1.29, 1.82) is 0 Å². The molecule has 20 heavy (non-hydrogen) atoms. The molecule has 0 bridgehead atoms. The van der Waals surface area contributed by atoms with Crippen molar-refractivity contribution in [2.45, 2.75) is 17.1 Å². The molecule has 0 saturated carbocycles. The summed E-state index contributed by atoms with van der Waals surface area (Å²) in [6.07, 6.45) is 1.84. The first kappa shape index (κ1) is 14.3. The minimum Gasteiger partial charge on any atom is -0.478 e. The van der Waals surface area contributed by atoms with Gasteiger partial charge in [0.15, 0.2) is 5.78 Å². The van der Waals surface area contributed by atoms with Crippen LogP contribution < -0.4 is 4.90 Å². The zero-order valence-corrected chi connectivity index (χ0v) is 11.8. The van der Waals surface area contributed by atoms with Gasteiger partial charge in [-0.1, -0.05) is 0 Å². The van der Waals surface area contributed by atoms with E-state index in [0.29, 0.717) is 5.56 Å². The highest BCUT2D eigenvalue weighted by Gasteiger charge is 2.28. The van der Waals surface area contributed by atoms with Gasteiger partial charge < -0.3 is 10.0 Å². The zero-order chi connectivity index (χ0) is 14.9. The largest absolute Gasteiger partial charge is 0.478 e. The predicted octanol–water partition coefficient (Wildman–Crippen LogP) is 1.97. The van der Waals surface area contributed by atoms with E-state index >= 15 is 0 Å². The molecule has 0 fully saturated rings. The summed E-state index contributed by atoms with van der Waals surface area (Å²) < 4.78 is 0. The number of carboxylic acid groups (broad SMARTS) is 1. The quantitative estimate of drug-likeness (QED) is 0.680. The SMILES string of the molecule is CC1Sc2cc(C(=O)/C=C/C(=O)O)ccc2N(C)C1=O. The van der Waals surface area contributed by atoms with Gasteiger partial charge in [-0.25, -0.2) is 4.79 Å². The van der Waals surface area contributed by atoms with Crippen LogP contribution in [0.5, 0.6) is 0 Å². The number of rotatable bonds is 3. The van der Waals surface area contributed by atoms with Crippen LogP contribution in [0, 0.1) is 0 Å². The number of nitrogens with zero attached hydrogens (tertiary/aromatic N) is 1. The third kappa shape index (κ3) is 2.75. The molecule has 1 N–H and O–H groups in total. The third-order valence-electron chi connectivity index (χ3n) is 2.97. The molecule has 0 spiro atoms. The number of allylic oxidation sites excluding steroid dienone is 1. The lowest BCUT2D eigenvalue weighted by Crippen LogP contribution is -2.36. The first-order chi connectivity index (χ1) is 9.40. The van der Waals surface area contributed by atoms with Crippen LogP contribution in [-0.4, -0.2) is 35.1 Å². The number of hydrogen-bond donors (Lipinski definition) is 1. The topological polar surface area (TPSA) is 74.7 Å². The van der Waals surface area contributed by atoms with Crippen LogP contribution >= 0.6 is 11.8 Å². The van der Waals surface area contributed by atoms with Crippen LogP contribution in [0.4, 0.5) is 5.69 Å². The standard InChI is InChI=1S/C14H13NO4S/c1-8-14(19)15(2)10-4-3-9(7-12(10)20-8)11(16)5-6-13(17)18/h3-8H,1-2H3,(H,17,18)/b6-5+. The normalized spacial score (nSPS) is 18.2. The van der Waals surface area contributed by atoms with Crippen molar-refractivity contribution in [2.75, 3.05) is 11.9 Å². The van der Waals surface area contributed by atoms with Crippen molar-refractivity contribution in [3.8, 4) is 0 Å². The Morgan fingerprint density at radius 2 is 2.05 bits per heavy atom. The smallest absolute Gasteiger partial charge is 0.328 e. The maximum Gasteiger partial charge on any atom is 0.328 e. The molecule has 1 atom stereocenters. The Kier molecular flexibility index (Phi) is 3.94. The molecule has 1 unspecified atom stereocenters. The minimum atomic E-state index is -1.16. The monoisotopic (exact) mass is 291 g/mol. The second kappa shape index (κ2) is 5.50. The average molecular weight is 291 g/mol. The Bertz CT molecular complexity index is 624. The lowest BCUT2D eigenvalue weighted by atomic mass is 10.1. The lowest BCUT2D eigenvalue weighted by molar-refractivity contribution is -0.131. The first-order valence-corrected chi connectivity index (χ1v) is 6.81. The summed E-state index contributed by atoms with van der Waals surface area (Å²) >= 11 is 1.40. The maximum absolute atomic E-state index is 11.8. The lowest BCUT2D eigenvalue weighted by Gasteiger charge is -2.29. The summed E-state index contributed by atoms with van der Waals surface area (Å²) in [7, 11) is 1.70. The summed E-state index contributed by atoms with van der Waals surface area (Å²) in [5.41, 5.74) is 1.17. The Hall–Kier alpha value is -2.08. The van der Waals surface area contributed by atoms with Gasteiger partial charge in [0.05, 0.1) is 10.9 Å². The van der Waals surface area contributed by atoms with E-state index in [1.807, 2.05) is 6.92 Å². The van der Waals surface area contributed by atoms with E-state index in [9.17, 15) is 14.4 Å². The molecule has 1 aliphatic rings. The van der Waals surface area contributed by atoms with E-state index in [1.54, 1.807) is 30.1 Å². The van der Waals surface area contributed by atoms with Gasteiger partial charge in [0.1, 0.15) is 0 Å². The van der Waals surface area contributed by atoms with Crippen molar-refractivity contribution in [1.82, 2.24) is 0 Å². The number of carbonyl (C=O) groups is 3. The molecule has 1 amide bonds. The summed E-state index contributed by atoms with van der Waals surface area (Å²) in [6, 6.07) is 4.98. The molecule has 1 aliphatic heterocycles. The fourth-order valence-electron chi connectivity index (χ4n) is 1.91. The fourth-order valence-corrected chi connectivity index (χ4v) is 3.07. The Balaban J connectivity index is 2.33. The number of amides is 1. The zero-order valence-electron chi connectivity index (χ0n) is 11.0. The van der Waals surface area contributed by atoms with Gasteiger partial charge in [0.25, 0.3) is 0 Å². The summed E-state index contributed by atoms with van der Waals surface area (Å²) in [6.45, 7) is 1.81. The van der Waals surface area contributed by atoms with E-state index in [4.69, 9.17) is 5.11 Å². The van der Waals surface area contributed by atoms with Gasteiger partial charge in [0.2, 0.25) is 5.91 Å². The number of anilines is 1. The number of benzene rings is 1. The molecule has 2 rings (SSSR count). The van der Waals surface area contributed by atoms with Crippen LogP contribution in [0.1, 0.15) is 17.3 Å². The number of carbonyl (C=O) groups excluding carboxylic acids is 2. The molecule has 104 valence electrons. The van der Waals surface area contributed by atoms with Crippen molar-refractivity contribution in [2.24, 2.45) is 0 Å². The molecule has 1 aromatic carbocycles. The van der Waals surface area contributed by atoms with Crippen molar-refractivity contribution in [3.63, 3.8) is 0 Å². The second-order valence-corrected chi connectivity index (χ2v) is 5.76. The van der Waals surface area contributed by atoms with Gasteiger partial charge in [-0.2, -0.15) is 0 Å². The number of aliphatic carboxylic acids is 1. The predicted molar refractivity (Wildman–Crippen MR) is 76.3 cm³/mol. The van der Waals surface area contributed by atoms with E-state index in [0.717, 1.165) is 22.7 Å². The Morgan fingerprint density at radius 3 is 2.70 bits per heavy atom. The van der Waals surface area contributed by atoms with E-state index in [1.165, 1.54) is 11.8 Å². The van der Waals surface area contributed by atoms with Crippen LogP contribution in [-0.2, 0) is 9.59 Å². The van der Waals surface area contributed by atoms with Gasteiger partial charge in [-0.05, 0) is 31.2 Å². The molecule has 0 saturated heterocycles. The highest BCUT2D eigenvalue weighted by molar-refractivity contribution is 8.01. The summed E-state index contributed by atoms with van der Waals surface area (Å²) in [5, 5.41) is 8.31. The summed E-state index contributed by atoms with van der Waals surface area (Å²) in [4.78, 5) is 36.5. The minimum absolute atomic E-state index is 0.0207. The Labute approximate surface area is 120 Å². The molecule has 1 heterocycles. The van der Waals surface area contributed by atoms with E-state index in [-0.39, 0.29) is 16.9 Å². The molecule has 5 nitrogen and oxygen atoms in total. The first-order valence-electron chi connectivity index (χ1n) is 5.93. The molecule has 0 radical (unpaired) electrons. The van der Waals surface area contributed by atoms with Gasteiger partial charge >= 0.3 is 5.97 Å². The van der Waals surface area contributed by atoms with Crippen LogP contribution in [0.3, 0.4) is 0 Å². The average Bonchev–Trinajstić information content (AvgIpc) is 2.41. The number of carboxylic acids is 1. The Morgan fingerprint density at radius 1 is 1.35 bits per heavy atom. The highest BCUT2D eigenvalue weighted by atomic mass is 32.2. The third-order valence-corrected chi connectivity index (χ3v) is 4.10. The number of ketones is 1. The maximum atomic E-state index is 11.8. The van der Waals surface area contributed by atoms with Crippen molar-refractivity contribution >= 4 is 35.1 Å². The van der Waals surface area contributed by atoms with Crippen LogP contribution in [0.2, 0.25) is 0 Å². The molecule has 6 heteroatoms. The van der Waals surface area contributed by atoms with E-state index in [2.05, 4.69) is 0 Å². The number of thioether (sulfide) groups is 1. The molecular weight excluding hydrogens is 278 g/mol. The van der Waals surface area contributed by atoms with Gasteiger partial charge in [-0.3, -0.25) is 9.59 Å². The fraction of sp³-hybridized carbons (Fsp3) is 0.214. The van der Waals surface area contributed by atoms with Crippen molar-refractivity contribution < 1.29 is 19.5 Å². The molecule has 1 aromatic rings. The summed E-state index contributed by atoms with van der Waals surface area (Å²) in [5.74, 6) is -1.51. The van der Waals surface area contributed by atoms with Crippen LogP contribution in [0.25, 0.3) is 0 Å². The molecular formula is C14H13NO4S. The second-order valence-electron chi connectivity index (χ2n) is 4.38. The van der Waals surface area contributed by atoms with Crippen molar-refractivity contribution in [3.05, 3.63) is 35.9 Å². The van der Waals surface area contributed by atoms with Gasteiger partial charge in [-0.15, -0.1) is 11.8 Å². The number of hydrogen-bond acceptors (Lipinski definition) is 4. The highest BCUT2D eigenvalue weighted by Crippen LogP contribution is 2.38. The van der Waals surface area contributed by atoms with Crippen LogP contribution in [0.15, 0.2) is 35.2 Å².